The molecule has 114 valence electrons. The minimum Gasteiger partial charge on any atom is -0.398 e. The zero-order chi connectivity index (χ0) is 15.7. The second-order valence-electron chi connectivity index (χ2n) is 4.40. The lowest BCUT2D eigenvalue weighted by Gasteiger charge is -2.10. The molecule has 0 amide bonds. The van der Waals surface area contributed by atoms with Crippen LogP contribution in [0.3, 0.4) is 0 Å². The van der Waals surface area contributed by atoms with Gasteiger partial charge in [-0.25, -0.2) is 21.6 Å². The van der Waals surface area contributed by atoms with E-state index < -0.39 is 19.9 Å². The minimum absolute atomic E-state index is 0.0153. The monoisotopic (exact) mass is 330 g/mol. The van der Waals surface area contributed by atoms with Crippen molar-refractivity contribution in [3.63, 3.8) is 0 Å². The maximum Gasteiger partial charge on any atom is 0.242 e. The van der Waals surface area contributed by atoms with Crippen molar-refractivity contribution in [2.75, 3.05) is 12.0 Å². The summed E-state index contributed by atoms with van der Waals surface area (Å²) < 4.78 is 49.8. The topological polar surface area (TPSA) is 135 Å². The Kier molecular flexibility index (Phi) is 4.03. The van der Waals surface area contributed by atoms with E-state index in [1.165, 1.54) is 18.3 Å². The van der Waals surface area contributed by atoms with Crippen LogP contribution in [0.1, 0.15) is 5.56 Å². The average Bonchev–Trinajstić information content (AvgIpc) is 2.88. The number of sulfonamides is 1. The Bertz CT molecular complexity index is 842. The summed E-state index contributed by atoms with van der Waals surface area (Å²) in [7, 11) is -7.45. The third-order valence-corrected chi connectivity index (χ3v) is 5.29. The fourth-order valence-electron chi connectivity index (χ4n) is 1.61. The summed E-state index contributed by atoms with van der Waals surface area (Å²) in [6.07, 6.45) is 4.01. The number of sulfone groups is 1. The van der Waals surface area contributed by atoms with Gasteiger partial charge >= 0.3 is 0 Å². The number of H-pyrrole nitrogens is 1. The number of nitrogens with two attached hydrogens (primary N) is 1. The van der Waals surface area contributed by atoms with Gasteiger partial charge in [-0.1, -0.05) is 0 Å². The summed E-state index contributed by atoms with van der Waals surface area (Å²) in [6, 6.07) is 3.56. The van der Waals surface area contributed by atoms with Crippen molar-refractivity contribution in [1.82, 2.24) is 14.9 Å². The Morgan fingerprint density at radius 2 is 2.00 bits per heavy atom. The van der Waals surface area contributed by atoms with Crippen molar-refractivity contribution in [2.45, 2.75) is 16.3 Å². The molecule has 0 aliphatic heterocycles. The van der Waals surface area contributed by atoms with Crippen molar-refractivity contribution in [3.8, 4) is 0 Å². The molecule has 0 aliphatic carbocycles. The summed E-state index contributed by atoms with van der Waals surface area (Å²) in [5.41, 5.74) is 6.25. The highest BCUT2D eigenvalue weighted by molar-refractivity contribution is 7.91. The molecule has 0 bridgehead atoms. The van der Waals surface area contributed by atoms with E-state index >= 15 is 0 Å². The van der Waals surface area contributed by atoms with Crippen LogP contribution in [0.15, 0.2) is 40.4 Å². The van der Waals surface area contributed by atoms with Crippen molar-refractivity contribution in [1.29, 1.82) is 0 Å². The number of anilines is 1. The fourth-order valence-corrected chi connectivity index (χ4v) is 3.50. The second-order valence-corrected chi connectivity index (χ2v) is 8.15. The van der Waals surface area contributed by atoms with Gasteiger partial charge in [0.25, 0.3) is 0 Å². The number of benzene rings is 1. The van der Waals surface area contributed by atoms with Crippen LogP contribution in [0, 0.1) is 0 Å². The molecule has 8 nitrogen and oxygen atoms in total. The zero-order valence-corrected chi connectivity index (χ0v) is 12.7. The molecular formula is C11H14N4O4S2. The summed E-state index contributed by atoms with van der Waals surface area (Å²) >= 11 is 0. The third-order valence-electron chi connectivity index (χ3n) is 2.72. The third kappa shape index (κ3) is 3.60. The average molecular weight is 330 g/mol. The Morgan fingerprint density at radius 3 is 2.57 bits per heavy atom. The molecule has 1 aromatic carbocycles. The lowest BCUT2D eigenvalue weighted by Crippen LogP contribution is -2.24. The molecule has 0 saturated heterocycles. The molecule has 2 aromatic rings. The molecule has 0 unspecified atom stereocenters. The molecule has 0 spiro atoms. The maximum absolute atomic E-state index is 12.2. The Labute approximate surface area is 122 Å². The molecule has 0 radical (unpaired) electrons. The van der Waals surface area contributed by atoms with Gasteiger partial charge < -0.3 is 5.73 Å². The van der Waals surface area contributed by atoms with Gasteiger partial charge in [0, 0.05) is 24.6 Å². The SMILES string of the molecule is CS(=O)(=O)c1ccc(N)c(S(=O)(=O)NCc2cn[nH]c2)c1. The first-order valence-corrected chi connectivity index (χ1v) is 9.14. The highest BCUT2D eigenvalue weighted by atomic mass is 32.2. The Morgan fingerprint density at radius 1 is 1.29 bits per heavy atom. The van der Waals surface area contributed by atoms with Gasteiger partial charge in [-0.15, -0.1) is 0 Å². The standard InChI is InChI=1S/C11H14N4O4S2/c1-20(16,17)9-2-3-10(12)11(4-9)21(18,19)15-7-8-5-13-14-6-8/h2-6,15H,7,12H2,1H3,(H,13,14). The van der Waals surface area contributed by atoms with Gasteiger partial charge in [-0.2, -0.15) is 5.10 Å². The van der Waals surface area contributed by atoms with E-state index in [2.05, 4.69) is 14.9 Å². The van der Waals surface area contributed by atoms with E-state index in [-0.39, 0.29) is 22.0 Å². The number of aromatic nitrogens is 2. The Balaban J connectivity index is 2.35. The summed E-state index contributed by atoms with van der Waals surface area (Å²) in [6.45, 7) is 0.0153. The van der Waals surface area contributed by atoms with Gasteiger partial charge in [0.2, 0.25) is 10.0 Å². The summed E-state index contributed by atoms with van der Waals surface area (Å²) in [5.74, 6) is 0. The van der Waals surface area contributed by atoms with Crippen LogP contribution in [0.5, 0.6) is 0 Å². The summed E-state index contributed by atoms with van der Waals surface area (Å²) in [5, 5.41) is 6.25. The van der Waals surface area contributed by atoms with Gasteiger partial charge in [0.1, 0.15) is 4.90 Å². The number of aromatic amines is 1. The minimum atomic E-state index is -3.93. The molecule has 0 fully saturated rings. The normalized spacial score (nSPS) is 12.4. The smallest absolute Gasteiger partial charge is 0.242 e. The largest absolute Gasteiger partial charge is 0.398 e. The predicted octanol–water partition coefficient (Wildman–Crippen LogP) is -0.126. The lowest BCUT2D eigenvalue weighted by molar-refractivity contribution is 0.581. The fraction of sp³-hybridized carbons (Fsp3) is 0.182. The quantitative estimate of drug-likeness (QED) is 0.654. The van der Waals surface area contributed by atoms with E-state index in [4.69, 9.17) is 5.73 Å². The van der Waals surface area contributed by atoms with Crippen molar-refractivity contribution in [3.05, 3.63) is 36.2 Å². The Hall–Kier alpha value is -1.91. The van der Waals surface area contributed by atoms with E-state index in [0.29, 0.717) is 5.56 Å². The molecule has 0 atom stereocenters. The zero-order valence-electron chi connectivity index (χ0n) is 11.1. The predicted molar refractivity (Wildman–Crippen MR) is 76.6 cm³/mol. The van der Waals surface area contributed by atoms with Crippen LogP contribution >= 0.6 is 0 Å². The molecule has 4 N–H and O–H groups in total. The lowest BCUT2D eigenvalue weighted by atomic mass is 10.3. The molecule has 1 aromatic heterocycles. The molecule has 0 saturated carbocycles. The first kappa shape index (κ1) is 15.5. The van der Waals surface area contributed by atoms with Gasteiger partial charge in [-0.05, 0) is 18.2 Å². The molecule has 10 heteroatoms. The highest BCUT2D eigenvalue weighted by Crippen LogP contribution is 2.22. The van der Waals surface area contributed by atoms with Gasteiger partial charge in [-0.3, -0.25) is 5.10 Å². The van der Waals surface area contributed by atoms with Gasteiger partial charge in [0.15, 0.2) is 9.84 Å². The summed E-state index contributed by atoms with van der Waals surface area (Å²) in [4.78, 5) is -0.380. The maximum atomic E-state index is 12.2. The molecule has 2 rings (SSSR count). The van der Waals surface area contributed by atoms with Crippen molar-refractivity contribution in [2.24, 2.45) is 0 Å². The van der Waals surface area contributed by atoms with E-state index in [1.54, 1.807) is 6.20 Å². The number of hydrogen-bond donors (Lipinski definition) is 3. The van der Waals surface area contributed by atoms with Crippen molar-refractivity contribution >= 4 is 25.5 Å². The van der Waals surface area contributed by atoms with Crippen LogP contribution in [0.25, 0.3) is 0 Å². The van der Waals surface area contributed by atoms with E-state index in [1.807, 2.05) is 0 Å². The van der Waals surface area contributed by atoms with Crippen molar-refractivity contribution < 1.29 is 16.8 Å². The molecule has 0 aliphatic rings. The van der Waals surface area contributed by atoms with Crippen LogP contribution in [-0.4, -0.2) is 33.3 Å². The highest BCUT2D eigenvalue weighted by Gasteiger charge is 2.20. The number of nitrogens with zero attached hydrogens (tertiary/aromatic N) is 1. The van der Waals surface area contributed by atoms with Crippen LogP contribution in [-0.2, 0) is 26.4 Å². The number of rotatable bonds is 5. The number of nitrogen functional groups attached to an aromatic ring is 1. The van der Waals surface area contributed by atoms with Gasteiger partial charge in [0.05, 0.1) is 16.8 Å². The van der Waals surface area contributed by atoms with E-state index in [9.17, 15) is 16.8 Å². The number of hydrogen-bond acceptors (Lipinski definition) is 6. The first-order chi connectivity index (χ1) is 9.70. The molecule has 21 heavy (non-hydrogen) atoms. The number of nitrogens with one attached hydrogen (secondary N) is 2. The van der Waals surface area contributed by atoms with Crippen LogP contribution in [0.4, 0.5) is 5.69 Å². The molecular weight excluding hydrogens is 316 g/mol. The van der Waals surface area contributed by atoms with Crippen LogP contribution < -0.4 is 10.5 Å². The van der Waals surface area contributed by atoms with E-state index in [0.717, 1.165) is 12.3 Å². The molecule has 1 heterocycles. The van der Waals surface area contributed by atoms with Crippen LogP contribution in [0.2, 0.25) is 0 Å². The first-order valence-electron chi connectivity index (χ1n) is 5.77. The second kappa shape index (κ2) is 5.47.